The predicted octanol–water partition coefficient (Wildman–Crippen LogP) is 2.68. The lowest BCUT2D eigenvalue weighted by Crippen LogP contribution is -2.48. The van der Waals surface area contributed by atoms with Crippen LogP contribution in [-0.2, 0) is 6.18 Å². The molecule has 2 nitrogen and oxygen atoms in total. The van der Waals surface area contributed by atoms with Crippen LogP contribution < -0.4 is 10.2 Å². The predicted molar refractivity (Wildman–Crippen MR) is 61.3 cm³/mol. The molecule has 94 valence electrons. The van der Waals surface area contributed by atoms with Gasteiger partial charge in [0.1, 0.15) is 5.50 Å². The van der Waals surface area contributed by atoms with E-state index in [-0.39, 0.29) is 5.50 Å². The highest BCUT2D eigenvalue weighted by molar-refractivity contribution is 6.20. The van der Waals surface area contributed by atoms with Crippen LogP contribution in [0.15, 0.2) is 24.3 Å². The lowest BCUT2D eigenvalue weighted by molar-refractivity contribution is -0.137. The van der Waals surface area contributed by atoms with E-state index in [2.05, 4.69) is 5.32 Å². The molecule has 0 aromatic heterocycles. The topological polar surface area (TPSA) is 15.3 Å². The third-order valence-electron chi connectivity index (χ3n) is 2.69. The first-order valence-corrected chi connectivity index (χ1v) is 5.70. The van der Waals surface area contributed by atoms with Gasteiger partial charge in [0.15, 0.2) is 0 Å². The van der Waals surface area contributed by atoms with E-state index >= 15 is 0 Å². The van der Waals surface area contributed by atoms with Gasteiger partial charge in [0.2, 0.25) is 0 Å². The standard InChI is InChI=1S/C11H12ClF3N2/c12-10-7-17(6-5-16-10)9-3-1-8(2-4-9)11(13,14)15/h1-4,10,16H,5-7H2. The molecule has 1 aromatic carbocycles. The van der Waals surface area contributed by atoms with Crippen LogP contribution >= 0.6 is 11.6 Å². The first-order valence-electron chi connectivity index (χ1n) is 5.26. The largest absolute Gasteiger partial charge is 0.416 e. The van der Waals surface area contributed by atoms with Gasteiger partial charge in [0, 0.05) is 25.3 Å². The summed E-state index contributed by atoms with van der Waals surface area (Å²) in [6, 6.07) is 5.16. The van der Waals surface area contributed by atoms with Crippen LogP contribution in [0.2, 0.25) is 0 Å². The zero-order valence-corrected chi connectivity index (χ0v) is 9.72. The second kappa shape index (κ2) is 4.74. The molecule has 0 saturated carbocycles. The number of hydrogen-bond donors (Lipinski definition) is 1. The van der Waals surface area contributed by atoms with Crippen molar-refractivity contribution in [3.05, 3.63) is 29.8 Å². The third-order valence-corrected chi connectivity index (χ3v) is 2.98. The van der Waals surface area contributed by atoms with E-state index in [1.54, 1.807) is 0 Å². The Balaban J connectivity index is 2.12. The number of anilines is 1. The molecular formula is C11H12ClF3N2. The van der Waals surface area contributed by atoms with Gasteiger partial charge in [0.05, 0.1) is 5.56 Å². The quantitative estimate of drug-likeness (QED) is 0.620. The van der Waals surface area contributed by atoms with Crippen LogP contribution in [-0.4, -0.2) is 25.1 Å². The molecule has 1 aliphatic heterocycles. The highest BCUT2D eigenvalue weighted by atomic mass is 35.5. The summed E-state index contributed by atoms with van der Waals surface area (Å²) in [7, 11) is 0. The maximum atomic E-state index is 12.4. The molecule has 1 saturated heterocycles. The second-order valence-electron chi connectivity index (χ2n) is 3.91. The molecule has 1 aromatic rings. The summed E-state index contributed by atoms with van der Waals surface area (Å²) in [5.74, 6) is 0. The minimum Gasteiger partial charge on any atom is -0.367 e. The highest BCUT2D eigenvalue weighted by Gasteiger charge is 2.30. The molecule has 0 radical (unpaired) electrons. The van der Waals surface area contributed by atoms with Gasteiger partial charge in [-0.15, -0.1) is 11.6 Å². The molecule has 0 spiro atoms. The molecule has 1 heterocycles. The molecule has 0 aliphatic carbocycles. The van der Waals surface area contributed by atoms with Crippen LogP contribution in [0, 0.1) is 0 Å². The number of alkyl halides is 4. The van der Waals surface area contributed by atoms with Crippen LogP contribution in [0.25, 0.3) is 0 Å². The number of hydrogen-bond acceptors (Lipinski definition) is 2. The first-order chi connectivity index (χ1) is 7.97. The fourth-order valence-corrected chi connectivity index (χ4v) is 2.08. The number of nitrogens with one attached hydrogen (secondary N) is 1. The summed E-state index contributed by atoms with van der Waals surface area (Å²) >= 11 is 5.93. The number of halogens is 4. The van der Waals surface area contributed by atoms with Gasteiger partial charge in [0.25, 0.3) is 0 Å². The van der Waals surface area contributed by atoms with Crippen molar-refractivity contribution in [1.29, 1.82) is 0 Å². The number of piperazine rings is 1. The highest BCUT2D eigenvalue weighted by Crippen LogP contribution is 2.30. The minimum absolute atomic E-state index is 0.161. The molecular weight excluding hydrogens is 253 g/mol. The average Bonchev–Trinajstić information content (AvgIpc) is 2.28. The Kier molecular flexibility index (Phi) is 3.49. The maximum absolute atomic E-state index is 12.4. The number of nitrogens with zero attached hydrogens (tertiary/aromatic N) is 1. The van der Waals surface area contributed by atoms with E-state index in [1.807, 2.05) is 4.90 Å². The molecule has 0 amide bonds. The van der Waals surface area contributed by atoms with Crippen molar-refractivity contribution in [3.8, 4) is 0 Å². The van der Waals surface area contributed by atoms with E-state index in [9.17, 15) is 13.2 Å². The first kappa shape index (κ1) is 12.5. The van der Waals surface area contributed by atoms with Gasteiger partial charge in [-0.05, 0) is 24.3 Å². The molecule has 1 unspecified atom stereocenters. The van der Waals surface area contributed by atoms with Crippen molar-refractivity contribution in [2.45, 2.75) is 11.7 Å². The summed E-state index contributed by atoms with van der Waals surface area (Å²) in [5, 5.41) is 3.06. The Morgan fingerprint density at radius 3 is 2.41 bits per heavy atom. The van der Waals surface area contributed by atoms with Crippen molar-refractivity contribution in [1.82, 2.24) is 5.32 Å². The maximum Gasteiger partial charge on any atom is 0.416 e. The summed E-state index contributed by atoms with van der Waals surface area (Å²) < 4.78 is 37.1. The van der Waals surface area contributed by atoms with Crippen LogP contribution in [0.4, 0.5) is 18.9 Å². The Morgan fingerprint density at radius 1 is 1.24 bits per heavy atom. The molecule has 2 rings (SSSR count). The molecule has 6 heteroatoms. The fourth-order valence-electron chi connectivity index (χ4n) is 1.80. The molecule has 1 N–H and O–H groups in total. The Morgan fingerprint density at radius 2 is 1.88 bits per heavy atom. The third kappa shape index (κ3) is 3.04. The van der Waals surface area contributed by atoms with Gasteiger partial charge in [-0.1, -0.05) is 0 Å². The molecule has 1 aliphatic rings. The Labute approximate surface area is 102 Å². The average molecular weight is 265 g/mol. The molecule has 17 heavy (non-hydrogen) atoms. The SMILES string of the molecule is FC(F)(F)c1ccc(N2CCNC(Cl)C2)cc1. The van der Waals surface area contributed by atoms with E-state index < -0.39 is 11.7 Å². The smallest absolute Gasteiger partial charge is 0.367 e. The normalized spacial score (nSPS) is 21.6. The number of rotatable bonds is 1. The monoisotopic (exact) mass is 264 g/mol. The molecule has 1 atom stereocenters. The summed E-state index contributed by atoms with van der Waals surface area (Å²) in [6.45, 7) is 2.07. The molecule has 1 fully saturated rings. The van der Waals surface area contributed by atoms with Crippen LogP contribution in [0.5, 0.6) is 0 Å². The van der Waals surface area contributed by atoms with Crippen molar-refractivity contribution < 1.29 is 13.2 Å². The van der Waals surface area contributed by atoms with Gasteiger partial charge in [-0.25, -0.2) is 0 Å². The van der Waals surface area contributed by atoms with Gasteiger partial charge < -0.3 is 4.90 Å². The van der Waals surface area contributed by atoms with E-state index in [1.165, 1.54) is 12.1 Å². The van der Waals surface area contributed by atoms with Gasteiger partial charge in [-0.2, -0.15) is 13.2 Å². The van der Waals surface area contributed by atoms with E-state index in [0.717, 1.165) is 30.9 Å². The van der Waals surface area contributed by atoms with E-state index in [4.69, 9.17) is 11.6 Å². The lowest BCUT2D eigenvalue weighted by atomic mass is 10.2. The summed E-state index contributed by atoms with van der Waals surface area (Å²) in [5.41, 5.74) is -0.0185. The second-order valence-corrected chi connectivity index (χ2v) is 4.44. The Hall–Kier alpha value is -0.940. The summed E-state index contributed by atoms with van der Waals surface area (Å²) in [4.78, 5) is 1.97. The minimum atomic E-state index is -4.28. The van der Waals surface area contributed by atoms with Crippen LogP contribution in [0.3, 0.4) is 0 Å². The van der Waals surface area contributed by atoms with Crippen LogP contribution in [0.1, 0.15) is 5.56 Å². The number of benzene rings is 1. The van der Waals surface area contributed by atoms with Crippen molar-refractivity contribution in [2.24, 2.45) is 0 Å². The van der Waals surface area contributed by atoms with Gasteiger partial charge >= 0.3 is 6.18 Å². The Bertz CT molecular complexity index is 377. The van der Waals surface area contributed by atoms with Gasteiger partial charge in [-0.3, -0.25) is 5.32 Å². The van der Waals surface area contributed by atoms with Crippen molar-refractivity contribution >= 4 is 17.3 Å². The van der Waals surface area contributed by atoms with Crippen molar-refractivity contribution in [2.75, 3.05) is 24.5 Å². The van der Waals surface area contributed by atoms with E-state index in [0.29, 0.717) is 6.54 Å². The fraction of sp³-hybridized carbons (Fsp3) is 0.455. The zero-order chi connectivity index (χ0) is 12.5. The zero-order valence-electron chi connectivity index (χ0n) is 8.97. The molecule has 0 bridgehead atoms. The lowest BCUT2D eigenvalue weighted by Gasteiger charge is -2.32. The summed E-state index contributed by atoms with van der Waals surface area (Å²) in [6.07, 6.45) is -4.28. The van der Waals surface area contributed by atoms with Crippen molar-refractivity contribution in [3.63, 3.8) is 0 Å².